The SMILES string of the molecule is CCOC(=O)C(C(C)=O)=C(NCc1ccoc1)C(C)C(=O)OCc1ccccc1. The quantitative estimate of drug-likeness (QED) is 0.284. The normalized spacial score (nSPS) is 12.5. The highest BCUT2D eigenvalue weighted by atomic mass is 16.5. The molecule has 1 N–H and O–H groups in total. The zero-order valence-electron chi connectivity index (χ0n) is 16.8. The van der Waals surface area contributed by atoms with Gasteiger partial charge in [0.1, 0.15) is 12.2 Å². The fourth-order valence-electron chi connectivity index (χ4n) is 2.67. The van der Waals surface area contributed by atoms with Gasteiger partial charge in [0.05, 0.1) is 25.1 Å². The molecule has 0 radical (unpaired) electrons. The molecule has 154 valence electrons. The van der Waals surface area contributed by atoms with Crippen molar-refractivity contribution in [2.24, 2.45) is 5.92 Å². The van der Waals surface area contributed by atoms with Gasteiger partial charge in [0.25, 0.3) is 0 Å². The van der Waals surface area contributed by atoms with Gasteiger partial charge in [-0.15, -0.1) is 0 Å². The monoisotopic (exact) mass is 399 g/mol. The van der Waals surface area contributed by atoms with Crippen LogP contribution in [0.25, 0.3) is 0 Å². The van der Waals surface area contributed by atoms with Crippen molar-refractivity contribution in [2.45, 2.75) is 33.9 Å². The Kier molecular flexibility index (Phi) is 8.21. The second-order valence-electron chi connectivity index (χ2n) is 6.37. The average molecular weight is 399 g/mol. The summed E-state index contributed by atoms with van der Waals surface area (Å²) in [6.07, 6.45) is 3.04. The number of ether oxygens (including phenoxy) is 2. The molecule has 7 nitrogen and oxygen atoms in total. The molecule has 0 amide bonds. The number of hydrogen-bond acceptors (Lipinski definition) is 7. The molecule has 0 bridgehead atoms. The Morgan fingerprint density at radius 1 is 1.07 bits per heavy atom. The summed E-state index contributed by atoms with van der Waals surface area (Å²) in [5.74, 6) is -2.72. The molecule has 1 atom stereocenters. The van der Waals surface area contributed by atoms with Gasteiger partial charge >= 0.3 is 11.9 Å². The maximum Gasteiger partial charge on any atom is 0.343 e. The lowest BCUT2D eigenvalue weighted by atomic mass is 9.99. The second-order valence-corrected chi connectivity index (χ2v) is 6.37. The summed E-state index contributed by atoms with van der Waals surface area (Å²) in [4.78, 5) is 37.2. The lowest BCUT2D eigenvalue weighted by molar-refractivity contribution is -0.148. The number of carbonyl (C=O) groups is 3. The number of ketones is 1. The standard InChI is InChI=1S/C22H25NO6/c1-4-28-22(26)19(16(3)24)20(23-12-18-10-11-27-13-18)15(2)21(25)29-14-17-8-6-5-7-9-17/h5-11,13,15,23H,4,12,14H2,1-3H3. The summed E-state index contributed by atoms with van der Waals surface area (Å²) in [5, 5.41) is 3.02. The lowest BCUT2D eigenvalue weighted by Crippen LogP contribution is -2.31. The highest BCUT2D eigenvalue weighted by Crippen LogP contribution is 2.19. The van der Waals surface area contributed by atoms with Crippen LogP contribution in [0.4, 0.5) is 0 Å². The van der Waals surface area contributed by atoms with Crippen LogP contribution >= 0.6 is 0 Å². The van der Waals surface area contributed by atoms with Crippen molar-refractivity contribution in [3.8, 4) is 0 Å². The number of Topliss-reactive ketones (excluding diaryl/α,β-unsaturated/α-hetero) is 1. The Morgan fingerprint density at radius 3 is 2.38 bits per heavy atom. The van der Waals surface area contributed by atoms with Gasteiger partial charge < -0.3 is 19.2 Å². The molecule has 1 unspecified atom stereocenters. The zero-order chi connectivity index (χ0) is 21.2. The zero-order valence-corrected chi connectivity index (χ0v) is 16.8. The van der Waals surface area contributed by atoms with Crippen molar-refractivity contribution in [3.63, 3.8) is 0 Å². The number of nitrogens with one attached hydrogen (secondary N) is 1. The average Bonchev–Trinajstić information content (AvgIpc) is 3.22. The minimum absolute atomic E-state index is 0.0911. The summed E-state index contributed by atoms with van der Waals surface area (Å²) in [6, 6.07) is 11.0. The van der Waals surface area contributed by atoms with Crippen LogP contribution in [-0.4, -0.2) is 24.3 Å². The molecule has 0 saturated carbocycles. The van der Waals surface area contributed by atoms with E-state index in [1.165, 1.54) is 19.5 Å². The molecule has 0 aliphatic rings. The van der Waals surface area contributed by atoms with E-state index in [0.717, 1.165) is 11.1 Å². The van der Waals surface area contributed by atoms with Gasteiger partial charge in [-0.1, -0.05) is 30.3 Å². The predicted octanol–water partition coefficient (Wildman–Crippen LogP) is 3.15. The van der Waals surface area contributed by atoms with Crippen LogP contribution < -0.4 is 5.32 Å². The number of benzene rings is 1. The van der Waals surface area contributed by atoms with Gasteiger partial charge in [0.15, 0.2) is 5.78 Å². The molecule has 1 heterocycles. The largest absolute Gasteiger partial charge is 0.472 e. The number of rotatable bonds is 10. The van der Waals surface area contributed by atoms with Crippen LogP contribution in [0.5, 0.6) is 0 Å². The van der Waals surface area contributed by atoms with Crippen LogP contribution in [0.3, 0.4) is 0 Å². The molecule has 2 aromatic rings. The Balaban J connectivity index is 2.25. The van der Waals surface area contributed by atoms with Crippen LogP contribution in [0.15, 0.2) is 64.6 Å². The Bertz CT molecular complexity index is 855. The molecule has 0 saturated heterocycles. The topological polar surface area (TPSA) is 94.8 Å². The fourth-order valence-corrected chi connectivity index (χ4v) is 2.67. The van der Waals surface area contributed by atoms with E-state index >= 15 is 0 Å². The molecule has 1 aromatic carbocycles. The summed E-state index contributed by atoms with van der Waals surface area (Å²) in [5.41, 5.74) is 1.59. The fraction of sp³-hybridized carbons (Fsp3) is 0.318. The van der Waals surface area contributed by atoms with Crippen molar-refractivity contribution in [1.29, 1.82) is 0 Å². The molecular weight excluding hydrogens is 374 g/mol. The van der Waals surface area contributed by atoms with Gasteiger partial charge in [0.2, 0.25) is 0 Å². The van der Waals surface area contributed by atoms with Crippen molar-refractivity contribution in [3.05, 3.63) is 71.3 Å². The molecule has 0 aliphatic heterocycles. The molecule has 0 aliphatic carbocycles. The van der Waals surface area contributed by atoms with E-state index in [4.69, 9.17) is 13.9 Å². The maximum atomic E-state index is 12.6. The minimum atomic E-state index is -0.881. The first kappa shape index (κ1) is 21.9. The summed E-state index contributed by atoms with van der Waals surface area (Å²) in [7, 11) is 0. The van der Waals surface area contributed by atoms with Gasteiger partial charge in [-0.2, -0.15) is 0 Å². The molecular formula is C22H25NO6. The second kappa shape index (κ2) is 10.8. The van der Waals surface area contributed by atoms with Crippen LogP contribution in [0.2, 0.25) is 0 Å². The Labute approximate surface area is 169 Å². The molecule has 7 heteroatoms. The molecule has 2 rings (SSSR count). The molecule has 1 aromatic heterocycles. The van der Waals surface area contributed by atoms with E-state index in [2.05, 4.69) is 5.32 Å². The van der Waals surface area contributed by atoms with Gasteiger partial charge in [0, 0.05) is 17.8 Å². The van der Waals surface area contributed by atoms with Crippen LogP contribution in [0.1, 0.15) is 31.9 Å². The van der Waals surface area contributed by atoms with Crippen molar-refractivity contribution < 1.29 is 28.3 Å². The number of carbonyl (C=O) groups excluding carboxylic acids is 3. The van der Waals surface area contributed by atoms with E-state index in [1.54, 1.807) is 19.9 Å². The molecule has 0 fully saturated rings. The predicted molar refractivity (Wildman–Crippen MR) is 105 cm³/mol. The van der Waals surface area contributed by atoms with Gasteiger partial charge in [-0.05, 0) is 32.4 Å². The van der Waals surface area contributed by atoms with Crippen LogP contribution in [-0.2, 0) is 37.0 Å². The Morgan fingerprint density at radius 2 is 1.79 bits per heavy atom. The number of hydrogen-bond donors (Lipinski definition) is 1. The minimum Gasteiger partial charge on any atom is -0.472 e. The summed E-state index contributed by atoms with van der Waals surface area (Å²) in [6.45, 7) is 4.94. The van der Waals surface area contributed by atoms with Gasteiger partial charge in [-0.25, -0.2) is 4.79 Å². The van der Waals surface area contributed by atoms with Crippen molar-refractivity contribution in [2.75, 3.05) is 6.61 Å². The lowest BCUT2D eigenvalue weighted by Gasteiger charge is -2.20. The Hall–Kier alpha value is -3.35. The first-order valence-electron chi connectivity index (χ1n) is 9.31. The third-order valence-electron chi connectivity index (χ3n) is 4.17. The smallest absolute Gasteiger partial charge is 0.343 e. The summed E-state index contributed by atoms with van der Waals surface area (Å²) < 4.78 is 15.4. The van der Waals surface area contributed by atoms with Gasteiger partial charge in [-0.3, -0.25) is 9.59 Å². The third-order valence-corrected chi connectivity index (χ3v) is 4.17. The highest BCUT2D eigenvalue weighted by molar-refractivity contribution is 6.17. The summed E-state index contributed by atoms with van der Waals surface area (Å²) >= 11 is 0. The first-order valence-corrected chi connectivity index (χ1v) is 9.31. The maximum absolute atomic E-state index is 12.6. The van der Waals surface area contributed by atoms with E-state index in [1.807, 2.05) is 30.3 Å². The molecule has 29 heavy (non-hydrogen) atoms. The molecule has 0 spiro atoms. The van der Waals surface area contributed by atoms with Crippen molar-refractivity contribution in [1.82, 2.24) is 5.32 Å². The van der Waals surface area contributed by atoms with E-state index < -0.39 is 23.6 Å². The third kappa shape index (κ3) is 6.34. The highest BCUT2D eigenvalue weighted by Gasteiger charge is 2.29. The van der Waals surface area contributed by atoms with E-state index in [-0.39, 0.29) is 31.0 Å². The number of furan rings is 1. The first-order chi connectivity index (χ1) is 13.9. The van der Waals surface area contributed by atoms with Crippen molar-refractivity contribution >= 4 is 17.7 Å². The van der Waals surface area contributed by atoms with Crippen LogP contribution in [0, 0.1) is 5.92 Å². The van der Waals surface area contributed by atoms with E-state index in [9.17, 15) is 14.4 Å². The van der Waals surface area contributed by atoms with E-state index in [0.29, 0.717) is 0 Å². The number of esters is 2.